The molecule has 3 aromatic rings. The van der Waals surface area contributed by atoms with Crippen molar-refractivity contribution in [3.8, 4) is 6.07 Å². The third-order valence-electron chi connectivity index (χ3n) is 6.78. The smallest absolute Gasteiger partial charge is 0.253 e. The average Bonchev–Trinajstić information content (AvgIpc) is 3.37. The fourth-order valence-corrected chi connectivity index (χ4v) is 5.04. The molecule has 1 unspecified atom stereocenters. The molecule has 2 fully saturated rings. The van der Waals surface area contributed by atoms with E-state index in [4.69, 9.17) is 9.15 Å². The summed E-state index contributed by atoms with van der Waals surface area (Å²) < 4.78 is 26.1. The van der Waals surface area contributed by atoms with E-state index >= 15 is 0 Å². The van der Waals surface area contributed by atoms with Crippen molar-refractivity contribution in [3.05, 3.63) is 69.1 Å². The Hall–Kier alpha value is -3.90. The molecule has 5 rings (SSSR count). The number of fused-ring (bicyclic) bond motifs is 1. The van der Waals surface area contributed by atoms with Crippen LogP contribution in [0.15, 0.2) is 45.6 Å². The Morgan fingerprint density at radius 3 is 2.61 bits per heavy atom. The summed E-state index contributed by atoms with van der Waals surface area (Å²) in [5, 5.41) is 9.68. The lowest BCUT2D eigenvalue weighted by Crippen LogP contribution is -2.36. The minimum Gasteiger partial charge on any atom is -0.440 e. The molecule has 9 heteroatoms. The molecule has 2 saturated heterocycles. The van der Waals surface area contributed by atoms with E-state index in [1.54, 1.807) is 32.3 Å². The summed E-state index contributed by atoms with van der Waals surface area (Å²) in [5.41, 5.74) is 2.10. The molecule has 8 nitrogen and oxygen atoms in total. The second kappa shape index (κ2) is 9.63. The summed E-state index contributed by atoms with van der Waals surface area (Å²) in [4.78, 5) is 31.7. The van der Waals surface area contributed by atoms with Crippen LogP contribution < -0.4 is 15.2 Å². The second-order valence-electron chi connectivity index (χ2n) is 9.35. The number of carbonyl (C=O) groups is 1. The number of amides is 1. The number of ether oxygens (including phenoxy) is 1. The molecule has 0 saturated carbocycles. The fraction of sp³-hybridized carbons (Fsp3) is 0.370. The van der Waals surface area contributed by atoms with Crippen LogP contribution in [0.4, 0.5) is 16.0 Å². The Balaban J connectivity index is 1.69. The number of morpholine rings is 1. The first-order valence-corrected chi connectivity index (χ1v) is 12.0. The van der Waals surface area contributed by atoms with Crippen LogP contribution in [0.5, 0.6) is 0 Å². The van der Waals surface area contributed by atoms with E-state index in [0.717, 1.165) is 12.8 Å². The molecular weight excluding hydrogens is 463 g/mol. The number of benzene rings is 2. The third kappa shape index (κ3) is 4.40. The van der Waals surface area contributed by atoms with Gasteiger partial charge in [-0.1, -0.05) is 0 Å². The summed E-state index contributed by atoms with van der Waals surface area (Å²) in [5.74, 6) is -0.250. The largest absolute Gasteiger partial charge is 0.440 e. The van der Waals surface area contributed by atoms with Gasteiger partial charge >= 0.3 is 0 Å². The number of carbonyl (C=O) groups excluding carboxylic acids is 1. The van der Waals surface area contributed by atoms with Crippen LogP contribution in [-0.2, 0) is 4.74 Å². The van der Waals surface area contributed by atoms with Crippen molar-refractivity contribution >= 4 is 28.4 Å². The van der Waals surface area contributed by atoms with E-state index in [0.29, 0.717) is 66.5 Å². The fourth-order valence-electron chi connectivity index (χ4n) is 5.04. The molecule has 2 aliphatic rings. The van der Waals surface area contributed by atoms with Gasteiger partial charge in [-0.3, -0.25) is 9.59 Å². The number of halogens is 1. The summed E-state index contributed by atoms with van der Waals surface area (Å²) >= 11 is 0. The highest BCUT2D eigenvalue weighted by molar-refractivity contribution is 5.98. The van der Waals surface area contributed by atoms with E-state index in [-0.39, 0.29) is 22.9 Å². The van der Waals surface area contributed by atoms with Gasteiger partial charge in [-0.05, 0) is 43.2 Å². The van der Waals surface area contributed by atoms with Crippen LogP contribution in [0.2, 0.25) is 0 Å². The molecule has 0 aliphatic carbocycles. The van der Waals surface area contributed by atoms with Crippen molar-refractivity contribution in [2.24, 2.45) is 0 Å². The molecule has 2 aliphatic heterocycles. The quantitative estimate of drug-likeness (QED) is 0.551. The first-order chi connectivity index (χ1) is 17.4. The molecule has 1 amide bonds. The lowest BCUT2D eigenvalue weighted by Gasteiger charge is -2.30. The van der Waals surface area contributed by atoms with E-state index in [1.165, 1.54) is 23.1 Å². The molecule has 0 N–H and O–H groups in total. The van der Waals surface area contributed by atoms with Gasteiger partial charge in [0, 0.05) is 56.6 Å². The van der Waals surface area contributed by atoms with E-state index in [1.807, 2.05) is 15.9 Å². The SMILES string of the molecule is CN(C)C(=O)c1cc(C2CCCN2c2cc(F)cc(C#N)c2)c2oc(N3CCOCC3)cc(=O)c2c1. The van der Waals surface area contributed by atoms with Crippen molar-refractivity contribution in [1.29, 1.82) is 5.26 Å². The predicted octanol–water partition coefficient (Wildman–Crippen LogP) is 3.68. The maximum Gasteiger partial charge on any atom is 0.253 e. The zero-order valence-corrected chi connectivity index (χ0v) is 20.3. The van der Waals surface area contributed by atoms with Gasteiger partial charge in [-0.2, -0.15) is 5.26 Å². The Kier molecular flexibility index (Phi) is 6.37. The predicted molar refractivity (Wildman–Crippen MR) is 134 cm³/mol. The van der Waals surface area contributed by atoms with Crippen LogP contribution in [0, 0.1) is 17.1 Å². The molecule has 0 bridgehead atoms. The molecule has 0 spiro atoms. The summed E-state index contributed by atoms with van der Waals surface area (Å²) in [7, 11) is 3.32. The second-order valence-corrected chi connectivity index (χ2v) is 9.35. The van der Waals surface area contributed by atoms with Crippen LogP contribution in [0.1, 0.15) is 40.4 Å². The van der Waals surface area contributed by atoms with Gasteiger partial charge in [-0.25, -0.2) is 4.39 Å². The molecule has 1 aromatic heterocycles. The van der Waals surface area contributed by atoms with Gasteiger partial charge in [0.05, 0.1) is 36.3 Å². The van der Waals surface area contributed by atoms with Crippen molar-refractivity contribution in [2.75, 3.05) is 56.7 Å². The summed E-state index contributed by atoms with van der Waals surface area (Å²) in [6.45, 7) is 2.94. The van der Waals surface area contributed by atoms with Gasteiger partial charge in [0.15, 0.2) is 11.3 Å². The maximum atomic E-state index is 14.3. The number of nitriles is 1. The normalized spacial score (nSPS) is 17.9. The van der Waals surface area contributed by atoms with Crippen molar-refractivity contribution in [1.82, 2.24) is 4.90 Å². The minimum atomic E-state index is -0.489. The number of anilines is 2. The van der Waals surface area contributed by atoms with Gasteiger partial charge < -0.3 is 23.9 Å². The lowest BCUT2D eigenvalue weighted by atomic mass is 9.97. The van der Waals surface area contributed by atoms with Crippen LogP contribution >= 0.6 is 0 Å². The minimum absolute atomic E-state index is 0.225. The number of nitrogens with zero attached hydrogens (tertiary/aromatic N) is 4. The monoisotopic (exact) mass is 490 g/mol. The highest BCUT2D eigenvalue weighted by Crippen LogP contribution is 2.40. The van der Waals surface area contributed by atoms with Gasteiger partial charge in [0.1, 0.15) is 11.4 Å². The van der Waals surface area contributed by atoms with Crippen molar-refractivity contribution in [2.45, 2.75) is 18.9 Å². The first kappa shape index (κ1) is 23.8. The van der Waals surface area contributed by atoms with Gasteiger partial charge in [-0.15, -0.1) is 0 Å². The molecule has 186 valence electrons. The highest BCUT2D eigenvalue weighted by Gasteiger charge is 2.31. The van der Waals surface area contributed by atoms with Crippen molar-refractivity contribution < 1.29 is 18.3 Å². The molecule has 1 atom stereocenters. The Morgan fingerprint density at radius 2 is 1.89 bits per heavy atom. The van der Waals surface area contributed by atoms with Crippen molar-refractivity contribution in [3.63, 3.8) is 0 Å². The van der Waals surface area contributed by atoms with Crippen LogP contribution in [0.25, 0.3) is 11.0 Å². The Morgan fingerprint density at radius 1 is 1.11 bits per heavy atom. The number of hydrogen-bond acceptors (Lipinski definition) is 7. The number of rotatable bonds is 4. The van der Waals surface area contributed by atoms with E-state index in [9.17, 15) is 19.2 Å². The average molecular weight is 491 g/mol. The van der Waals surface area contributed by atoms with Gasteiger partial charge in [0.25, 0.3) is 5.91 Å². The van der Waals surface area contributed by atoms with E-state index < -0.39 is 5.82 Å². The van der Waals surface area contributed by atoms with E-state index in [2.05, 4.69) is 0 Å². The standard InChI is InChI=1S/C27H27FN4O4/c1-30(2)27(34)18-12-21(23-4-3-5-32(23)20-11-17(16-29)10-19(28)14-20)26-22(13-18)24(33)15-25(36-26)31-6-8-35-9-7-31/h10-15,23H,3-9H2,1-2H3. The molecule has 3 heterocycles. The topological polar surface area (TPSA) is 90.0 Å². The molecular formula is C27H27FN4O4. The highest BCUT2D eigenvalue weighted by atomic mass is 19.1. The van der Waals surface area contributed by atoms with Crippen LogP contribution in [0.3, 0.4) is 0 Å². The Bertz CT molecular complexity index is 1420. The third-order valence-corrected chi connectivity index (χ3v) is 6.78. The number of hydrogen-bond donors (Lipinski definition) is 0. The van der Waals surface area contributed by atoms with Crippen LogP contribution in [-0.4, -0.2) is 57.8 Å². The zero-order chi connectivity index (χ0) is 25.4. The molecule has 2 aromatic carbocycles. The lowest BCUT2D eigenvalue weighted by molar-refractivity contribution is 0.0827. The zero-order valence-electron chi connectivity index (χ0n) is 20.3. The summed E-state index contributed by atoms with van der Waals surface area (Å²) in [6.07, 6.45) is 1.54. The Labute approximate surface area is 208 Å². The first-order valence-electron chi connectivity index (χ1n) is 12.0. The summed E-state index contributed by atoms with van der Waals surface area (Å²) in [6, 6.07) is 10.9. The molecule has 36 heavy (non-hydrogen) atoms. The maximum absolute atomic E-state index is 14.3. The molecule has 0 radical (unpaired) electrons. The van der Waals surface area contributed by atoms with Gasteiger partial charge in [0.2, 0.25) is 0 Å².